The first-order valence-corrected chi connectivity index (χ1v) is 13.0. The van der Waals surface area contributed by atoms with Crippen LogP contribution in [0.3, 0.4) is 0 Å². The first-order valence-electron chi connectivity index (χ1n) is 11.0. The minimum absolute atomic E-state index is 0.0913. The molecule has 0 fully saturated rings. The van der Waals surface area contributed by atoms with Crippen LogP contribution in [0, 0.1) is 0 Å². The van der Waals surface area contributed by atoms with Crippen LogP contribution in [0.5, 0.6) is 0 Å². The summed E-state index contributed by atoms with van der Waals surface area (Å²) in [7, 11) is 0. The van der Waals surface area contributed by atoms with Gasteiger partial charge in [0, 0.05) is 52.9 Å². The van der Waals surface area contributed by atoms with Gasteiger partial charge < -0.3 is 4.90 Å². The van der Waals surface area contributed by atoms with Crippen molar-refractivity contribution in [2.45, 2.75) is 13.0 Å². The van der Waals surface area contributed by atoms with Gasteiger partial charge in [-0.3, -0.25) is 9.20 Å². The minimum atomic E-state index is -0.0913. The molecule has 0 saturated carbocycles. The summed E-state index contributed by atoms with van der Waals surface area (Å²) in [5.41, 5.74) is 4.57. The van der Waals surface area contributed by atoms with Crippen molar-refractivity contribution in [3.8, 4) is 11.3 Å². The van der Waals surface area contributed by atoms with E-state index in [0.717, 1.165) is 27.5 Å². The lowest BCUT2D eigenvalue weighted by Gasteiger charge is -2.23. The van der Waals surface area contributed by atoms with Crippen molar-refractivity contribution < 1.29 is 4.79 Å². The maximum absolute atomic E-state index is 13.4. The molecular weight excluding hydrogens is 521 g/mol. The Hall–Kier alpha value is -2.83. The van der Waals surface area contributed by atoms with E-state index in [9.17, 15) is 4.79 Å². The van der Waals surface area contributed by atoms with E-state index in [2.05, 4.69) is 9.78 Å². The Morgan fingerprint density at radius 1 is 0.943 bits per heavy atom. The molecule has 5 rings (SSSR count). The summed E-state index contributed by atoms with van der Waals surface area (Å²) in [6.45, 7) is 1.03. The number of imidazole rings is 1. The van der Waals surface area contributed by atoms with E-state index >= 15 is 0 Å². The zero-order chi connectivity index (χ0) is 24.4. The smallest absolute Gasteiger partial charge is 0.254 e. The van der Waals surface area contributed by atoms with Gasteiger partial charge in [0.1, 0.15) is 0 Å². The molecule has 0 radical (unpaired) electrons. The van der Waals surface area contributed by atoms with E-state index in [-0.39, 0.29) is 5.91 Å². The maximum atomic E-state index is 13.4. The molecule has 0 saturated heterocycles. The number of hydrogen-bond acceptors (Lipinski definition) is 3. The van der Waals surface area contributed by atoms with Crippen molar-refractivity contribution in [3.63, 3.8) is 0 Å². The lowest BCUT2D eigenvalue weighted by atomic mass is 10.1. The molecule has 0 aliphatic heterocycles. The van der Waals surface area contributed by atoms with E-state index in [1.807, 2.05) is 65.7 Å². The van der Waals surface area contributed by atoms with Gasteiger partial charge in [-0.1, -0.05) is 77.3 Å². The van der Waals surface area contributed by atoms with Crippen LogP contribution in [0.4, 0.5) is 0 Å². The summed E-state index contributed by atoms with van der Waals surface area (Å²) in [4.78, 5) is 21.0. The summed E-state index contributed by atoms with van der Waals surface area (Å²) in [5.74, 6) is -0.0913. The van der Waals surface area contributed by atoms with Crippen LogP contribution in [-0.4, -0.2) is 26.7 Å². The van der Waals surface area contributed by atoms with Gasteiger partial charge in [-0.15, -0.1) is 11.3 Å². The highest BCUT2D eigenvalue weighted by molar-refractivity contribution is 7.15. The van der Waals surface area contributed by atoms with Crippen molar-refractivity contribution in [1.82, 2.24) is 14.3 Å². The normalized spacial score (nSPS) is 11.2. The Kier molecular flexibility index (Phi) is 7.12. The number of halogens is 3. The van der Waals surface area contributed by atoms with E-state index in [1.165, 1.54) is 0 Å². The number of hydrogen-bond donors (Lipinski definition) is 0. The van der Waals surface area contributed by atoms with Gasteiger partial charge >= 0.3 is 0 Å². The van der Waals surface area contributed by atoms with E-state index in [0.29, 0.717) is 40.1 Å². The summed E-state index contributed by atoms with van der Waals surface area (Å²) < 4.78 is 2.10. The molecule has 8 heteroatoms. The third-order valence-corrected chi connectivity index (χ3v) is 7.61. The molecule has 2 aromatic heterocycles. The number of benzene rings is 3. The Morgan fingerprint density at radius 3 is 2.46 bits per heavy atom. The summed E-state index contributed by atoms with van der Waals surface area (Å²) in [6, 6.07) is 22.6. The van der Waals surface area contributed by atoms with Crippen LogP contribution >= 0.6 is 46.1 Å². The highest BCUT2D eigenvalue weighted by atomic mass is 35.5. The van der Waals surface area contributed by atoms with Crippen molar-refractivity contribution >= 4 is 57.0 Å². The quantitative estimate of drug-likeness (QED) is 0.210. The topological polar surface area (TPSA) is 37.6 Å². The van der Waals surface area contributed by atoms with Crippen molar-refractivity contribution in [2.24, 2.45) is 0 Å². The standard InChI is InChI=1S/C27H20Cl3N3OS/c28-21-9-6-19(7-10-21)25-16-33-22(17-35-27(33)31-25)12-13-32(15-18-4-2-1-3-5-18)26(34)20-8-11-23(29)24(30)14-20/h1-11,14,16-17H,12-13,15H2. The van der Waals surface area contributed by atoms with Crippen LogP contribution in [0.1, 0.15) is 21.6 Å². The molecule has 3 aromatic carbocycles. The lowest BCUT2D eigenvalue weighted by molar-refractivity contribution is 0.0744. The van der Waals surface area contributed by atoms with Crippen LogP contribution in [0.15, 0.2) is 84.4 Å². The SMILES string of the molecule is O=C(c1ccc(Cl)c(Cl)c1)N(CCc1csc2nc(-c3ccc(Cl)cc3)cn12)Cc1ccccc1. The molecule has 0 aliphatic rings. The second kappa shape index (κ2) is 10.4. The zero-order valence-electron chi connectivity index (χ0n) is 18.5. The molecule has 0 N–H and O–H groups in total. The molecule has 176 valence electrons. The fraction of sp³-hybridized carbons (Fsp3) is 0.111. The van der Waals surface area contributed by atoms with Gasteiger partial charge in [0.2, 0.25) is 0 Å². The first kappa shape index (κ1) is 23.9. The van der Waals surface area contributed by atoms with Crippen molar-refractivity contribution in [3.05, 3.63) is 116 Å². The molecular formula is C27H20Cl3N3OS. The van der Waals surface area contributed by atoms with Crippen LogP contribution in [0.2, 0.25) is 15.1 Å². The number of aromatic nitrogens is 2. The zero-order valence-corrected chi connectivity index (χ0v) is 21.6. The molecule has 0 atom stereocenters. The highest BCUT2D eigenvalue weighted by Gasteiger charge is 2.19. The molecule has 0 bridgehead atoms. The monoisotopic (exact) mass is 539 g/mol. The predicted octanol–water partition coefficient (Wildman–Crippen LogP) is 7.91. The Bertz CT molecular complexity index is 1480. The van der Waals surface area contributed by atoms with Crippen molar-refractivity contribution in [1.29, 1.82) is 0 Å². The number of rotatable bonds is 7. The van der Waals surface area contributed by atoms with Gasteiger partial charge in [-0.2, -0.15) is 0 Å². The van der Waals surface area contributed by atoms with Crippen LogP contribution < -0.4 is 0 Å². The number of thiazole rings is 1. The fourth-order valence-electron chi connectivity index (χ4n) is 3.89. The third-order valence-electron chi connectivity index (χ3n) is 5.73. The Labute approximate surface area is 222 Å². The molecule has 2 heterocycles. The third kappa shape index (κ3) is 5.39. The van der Waals surface area contributed by atoms with Gasteiger partial charge in [0.25, 0.3) is 5.91 Å². The van der Waals surface area contributed by atoms with E-state index < -0.39 is 0 Å². The molecule has 0 spiro atoms. The molecule has 0 aliphatic carbocycles. The number of amides is 1. The molecule has 35 heavy (non-hydrogen) atoms. The van der Waals surface area contributed by atoms with Gasteiger partial charge in [0.05, 0.1) is 15.7 Å². The summed E-state index contributed by atoms with van der Waals surface area (Å²) in [5, 5.41) is 3.58. The lowest BCUT2D eigenvalue weighted by Crippen LogP contribution is -2.32. The first-order chi connectivity index (χ1) is 17.0. The van der Waals surface area contributed by atoms with Crippen LogP contribution in [-0.2, 0) is 13.0 Å². The second-order valence-corrected chi connectivity index (χ2v) is 10.2. The van der Waals surface area contributed by atoms with Gasteiger partial charge in [0.15, 0.2) is 4.96 Å². The molecule has 5 aromatic rings. The Morgan fingerprint density at radius 2 is 1.71 bits per heavy atom. The molecule has 0 unspecified atom stereocenters. The number of carbonyl (C=O) groups is 1. The maximum Gasteiger partial charge on any atom is 0.254 e. The average Bonchev–Trinajstić information content (AvgIpc) is 3.45. The van der Waals surface area contributed by atoms with Crippen LogP contribution in [0.25, 0.3) is 16.2 Å². The molecule has 4 nitrogen and oxygen atoms in total. The largest absolute Gasteiger partial charge is 0.334 e. The predicted molar refractivity (Wildman–Crippen MR) is 145 cm³/mol. The summed E-state index contributed by atoms with van der Waals surface area (Å²) in [6.07, 6.45) is 2.71. The van der Waals surface area contributed by atoms with Crippen molar-refractivity contribution in [2.75, 3.05) is 6.54 Å². The number of fused-ring (bicyclic) bond motifs is 1. The van der Waals surface area contributed by atoms with Gasteiger partial charge in [-0.05, 0) is 35.9 Å². The second-order valence-electron chi connectivity index (χ2n) is 8.10. The van der Waals surface area contributed by atoms with E-state index in [1.54, 1.807) is 29.5 Å². The highest BCUT2D eigenvalue weighted by Crippen LogP contribution is 2.26. The van der Waals surface area contributed by atoms with E-state index in [4.69, 9.17) is 39.8 Å². The fourth-order valence-corrected chi connectivity index (χ4v) is 5.22. The number of nitrogens with zero attached hydrogens (tertiary/aromatic N) is 3. The summed E-state index contributed by atoms with van der Waals surface area (Å²) >= 11 is 19.9. The Balaban J connectivity index is 1.39. The molecule has 1 amide bonds. The average molecular weight is 541 g/mol. The number of carbonyl (C=O) groups excluding carboxylic acids is 1. The van der Waals surface area contributed by atoms with Gasteiger partial charge in [-0.25, -0.2) is 4.98 Å². The minimum Gasteiger partial charge on any atom is -0.334 e.